The number of aliphatic hydroxyl groups is 1. The number of aromatic nitrogens is 2. The molecule has 0 aliphatic carbocycles. The maximum Gasteiger partial charge on any atom is 0.490 e. The molecular formula is C11H23N4O13P3. The Morgan fingerprint density at radius 2 is 1.81 bits per heavy atom. The Labute approximate surface area is 175 Å². The second kappa shape index (κ2) is 11.2. The van der Waals surface area contributed by atoms with Crippen molar-refractivity contribution >= 4 is 29.3 Å². The summed E-state index contributed by atoms with van der Waals surface area (Å²) in [7, 11) is -16.5. The van der Waals surface area contributed by atoms with Crippen molar-refractivity contribution in [1.29, 1.82) is 0 Å². The van der Waals surface area contributed by atoms with E-state index in [2.05, 4.69) is 18.1 Å². The van der Waals surface area contributed by atoms with E-state index in [-0.39, 0.29) is 12.2 Å². The Kier molecular flexibility index (Phi) is 10.1. The quantitative estimate of drug-likeness (QED) is 0.201. The molecule has 20 heteroatoms. The molecule has 0 spiro atoms. The van der Waals surface area contributed by atoms with Crippen molar-refractivity contribution in [2.24, 2.45) is 5.73 Å². The second-order valence-electron chi connectivity index (χ2n) is 5.77. The van der Waals surface area contributed by atoms with Gasteiger partial charge in [-0.1, -0.05) is 6.92 Å². The van der Waals surface area contributed by atoms with Crippen LogP contribution in [0.3, 0.4) is 0 Å². The molecule has 0 saturated carbocycles. The smallest absolute Gasteiger partial charge is 0.390 e. The van der Waals surface area contributed by atoms with Gasteiger partial charge in [0.2, 0.25) is 0 Å². The fraction of sp³-hybridized carbons (Fsp3) is 0.636. The van der Waals surface area contributed by atoms with Gasteiger partial charge in [-0.25, -0.2) is 18.5 Å². The molecule has 1 aliphatic heterocycles. The molecule has 1 aliphatic rings. The van der Waals surface area contributed by atoms with E-state index in [4.69, 9.17) is 30.9 Å². The first-order valence-corrected chi connectivity index (χ1v) is 12.8. The Bertz CT molecular complexity index is 936. The van der Waals surface area contributed by atoms with E-state index < -0.39 is 54.2 Å². The lowest BCUT2D eigenvalue weighted by molar-refractivity contribution is -0.0449. The molecule has 180 valence electrons. The van der Waals surface area contributed by atoms with Gasteiger partial charge in [0.15, 0.2) is 0 Å². The zero-order valence-corrected chi connectivity index (χ0v) is 18.6. The van der Waals surface area contributed by atoms with E-state index in [9.17, 15) is 28.5 Å². The second-order valence-corrected chi connectivity index (χ2v) is 10.2. The number of hydrogen-bond donors (Lipinski definition) is 7. The summed E-state index contributed by atoms with van der Waals surface area (Å²) >= 11 is 0. The van der Waals surface area contributed by atoms with Gasteiger partial charge in [-0.2, -0.15) is 13.6 Å². The molecule has 0 bridgehead atoms. The number of rotatable bonds is 8. The maximum atomic E-state index is 11.8. The molecule has 0 amide bonds. The molecule has 1 aromatic rings. The van der Waals surface area contributed by atoms with E-state index in [0.29, 0.717) is 0 Å². The summed E-state index contributed by atoms with van der Waals surface area (Å²) in [5.41, 5.74) is 9.43. The van der Waals surface area contributed by atoms with Gasteiger partial charge in [0.25, 0.3) is 0 Å². The van der Waals surface area contributed by atoms with Crippen LogP contribution in [-0.4, -0.2) is 59.6 Å². The van der Waals surface area contributed by atoms with Crippen LogP contribution in [0, 0.1) is 0 Å². The van der Waals surface area contributed by atoms with Crippen molar-refractivity contribution in [1.82, 2.24) is 9.55 Å². The first-order chi connectivity index (χ1) is 14.1. The summed E-state index contributed by atoms with van der Waals surface area (Å²) in [5, 5.41) is 9.94. The van der Waals surface area contributed by atoms with Gasteiger partial charge in [0, 0.05) is 12.6 Å². The van der Waals surface area contributed by atoms with E-state index in [0.717, 1.165) is 11.1 Å². The molecule has 1 aromatic heterocycles. The molecule has 2 heterocycles. The van der Waals surface area contributed by atoms with E-state index in [1.165, 1.54) is 12.3 Å². The van der Waals surface area contributed by atoms with Crippen molar-refractivity contribution in [3.05, 3.63) is 22.7 Å². The number of nitrogens with zero attached hydrogens (tertiary/aromatic N) is 2. The van der Waals surface area contributed by atoms with Gasteiger partial charge in [-0.3, -0.25) is 9.09 Å². The van der Waals surface area contributed by atoms with Crippen LogP contribution in [0.25, 0.3) is 0 Å². The van der Waals surface area contributed by atoms with Gasteiger partial charge in [-0.05, 0) is 12.6 Å². The van der Waals surface area contributed by atoms with Crippen LogP contribution in [0.15, 0.2) is 17.1 Å². The molecule has 9 N–H and O–H groups in total. The van der Waals surface area contributed by atoms with Gasteiger partial charge in [-0.15, -0.1) is 0 Å². The van der Waals surface area contributed by atoms with Gasteiger partial charge in [0.1, 0.15) is 18.1 Å². The largest absolute Gasteiger partial charge is 0.490 e. The topological polar surface area (TPSA) is 276 Å². The molecular weight excluding hydrogens is 489 g/mol. The molecule has 1 saturated heterocycles. The van der Waals surface area contributed by atoms with Gasteiger partial charge in [0.05, 0.1) is 12.7 Å². The number of phosphoric ester groups is 1. The van der Waals surface area contributed by atoms with Crippen LogP contribution >= 0.6 is 23.5 Å². The number of anilines is 1. The molecule has 2 rings (SSSR count). The fourth-order valence-electron chi connectivity index (χ4n) is 2.15. The molecule has 5 atom stereocenters. The Morgan fingerprint density at radius 1 is 1.23 bits per heavy atom. The van der Waals surface area contributed by atoms with Crippen LogP contribution in [0.1, 0.15) is 19.6 Å². The summed E-state index contributed by atoms with van der Waals surface area (Å²) in [6.07, 6.45) is -2.42. The molecule has 31 heavy (non-hydrogen) atoms. The number of phosphoric acid groups is 3. The summed E-state index contributed by atoms with van der Waals surface area (Å²) in [5.74, 6) is -0.0380. The number of nitrogen functional groups attached to an aromatic ring is 1. The van der Waals surface area contributed by atoms with Crippen LogP contribution in [0.5, 0.6) is 0 Å². The normalized spacial score (nSPS) is 25.2. The standard InChI is InChI=1S/C9H16N3O13P3.C2H7N/c10-7-1-2-12(9(14)11-7)8-3-5(13)6(23-8)4-22-27(18,19)25-28(20,21)24-26(15,16)17;1-2-3/h1-2,5-6,8,13H,3-4H2,(H,18,19)(H,20,21)(H2,10,11,14)(H2,15,16,17);2-3H2,1H3/t5-,6+,8+;/m0./s1. The minimum absolute atomic E-state index is 0.0380. The number of ether oxygens (including phenoxy) is 1. The third-order valence-electron chi connectivity index (χ3n) is 3.18. The third-order valence-corrected chi connectivity index (χ3v) is 6.99. The number of nitrogens with two attached hydrogens (primary N) is 2. The lowest BCUT2D eigenvalue weighted by Gasteiger charge is -2.19. The Hall–Kier alpha value is -1.03. The van der Waals surface area contributed by atoms with Crippen molar-refractivity contribution in [2.45, 2.75) is 31.8 Å². The summed E-state index contributed by atoms with van der Waals surface area (Å²) in [6.45, 7) is 1.80. The highest BCUT2D eigenvalue weighted by Gasteiger charge is 2.42. The Morgan fingerprint density at radius 3 is 2.32 bits per heavy atom. The molecule has 0 aromatic carbocycles. The lowest BCUT2D eigenvalue weighted by Crippen LogP contribution is -2.28. The van der Waals surface area contributed by atoms with Crippen molar-refractivity contribution in [2.75, 3.05) is 18.9 Å². The van der Waals surface area contributed by atoms with E-state index in [1.54, 1.807) is 0 Å². The van der Waals surface area contributed by atoms with Crippen molar-refractivity contribution < 1.29 is 56.3 Å². The van der Waals surface area contributed by atoms with Gasteiger partial charge < -0.3 is 40.9 Å². The number of hydrogen-bond acceptors (Lipinski definition) is 12. The SMILES string of the molecule is CCN.Nc1ccn([C@H]2C[C@H](O)[C@@H](COP(=O)(O)OP(=O)(O)OP(=O)(O)O)O2)c(=O)n1. The average Bonchev–Trinajstić information content (AvgIpc) is 2.91. The number of aliphatic hydroxyl groups excluding tert-OH is 1. The lowest BCUT2D eigenvalue weighted by atomic mass is 10.2. The Balaban J connectivity index is 0.00000151. The van der Waals surface area contributed by atoms with Crippen molar-refractivity contribution in [3.63, 3.8) is 0 Å². The van der Waals surface area contributed by atoms with E-state index >= 15 is 0 Å². The minimum atomic E-state index is -5.65. The summed E-state index contributed by atoms with van der Waals surface area (Å²) < 4.78 is 51.2. The zero-order valence-electron chi connectivity index (χ0n) is 15.9. The predicted octanol–water partition coefficient (Wildman–Crippen LogP) is -1.22. The third kappa shape index (κ3) is 9.97. The minimum Gasteiger partial charge on any atom is -0.390 e. The average molecular weight is 512 g/mol. The summed E-state index contributed by atoms with van der Waals surface area (Å²) in [4.78, 5) is 50.5. The van der Waals surface area contributed by atoms with Gasteiger partial charge >= 0.3 is 29.2 Å². The molecule has 0 radical (unpaired) electrons. The molecule has 2 unspecified atom stereocenters. The fourth-order valence-corrected chi connectivity index (χ4v) is 5.18. The van der Waals surface area contributed by atoms with Crippen LogP contribution in [-0.2, 0) is 31.6 Å². The molecule has 17 nitrogen and oxygen atoms in total. The monoisotopic (exact) mass is 512 g/mol. The first kappa shape index (κ1) is 28.0. The first-order valence-electron chi connectivity index (χ1n) is 8.25. The van der Waals surface area contributed by atoms with Crippen LogP contribution in [0.4, 0.5) is 5.82 Å². The highest BCUT2D eigenvalue weighted by molar-refractivity contribution is 7.66. The van der Waals surface area contributed by atoms with Crippen LogP contribution < -0.4 is 17.2 Å². The molecule has 1 fully saturated rings. The van der Waals surface area contributed by atoms with E-state index in [1.807, 2.05) is 6.92 Å². The summed E-state index contributed by atoms with van der Waals surface area (Å²) in [6, 6.07) is 1.30. The maximum absolute atomic E-state index is 11.8. The highest BCUT2D eigenvalue weighted by Crippen LogP contribution is 2.66. The highest BCUT2D eigenvalue weighted by atomic mass is 31.3. The van der Waals surface area contributed by atoms with Crippen LogP contribution in [0.2, 0.25) is 0 Å². The predicted molar refractivity (Wildman–Crippen MR) is 102 cm³/mol. The van der Waals surface area contributed by atoms with Crippen molar-refractivity contribution in [3.8, 4) is 0 Å². The zero-order chi connectivity index (χ0) is 24.0.